The average Bonchev–Trinajstić information content (AvgIpc) is 2.55. The highest BCUT2D eigenvalue weighted by atomic mass is 35.5. The lowest BCUT2D eigenvalue weighted by Gasteiger charge is -2.06. The number of benzene rings is 2. The van der Waals surface area contributed by atoms with Gasteiger partial charge in [0.2, 0.25) is 5.95 Å². The van der Waals surface area contributed by atoms with E-state index in [1.165, 1.54) is 12.1 Å². The summed E-state index contributed by atoms with van der Waals surface area (Å²) in [5.41, 5.74) is 8.63. The van der Waals surface area contributed by atoms with Crippen LogP contribution in [0.15, 0.2) is 54.6 Å². The fourth-order valence-corrected chi connectivity index (χ4v) is 2.26. The predicted molar refractivity (Wildman–Crippen MR) is 89.0 cm³/mol. The first-order chi connectivity index (χ1) is 11.0. The van der Waals surface area contributed by atoms with Gasteiger partial charge in [0.25, 0.3) is 5.69 Å². The molecule has 0 atom stereocenters. The Morgan fingerprint density at radius 2 is 1.39 bits per heavy atom. The molecule has 114 valence electrons. The second-order valence-corrected chi connectivity index (χ2v) is 5.24. The molecule has 2 aromatic carbocycles. The molecule has 1 heterocycles. The summed E-state index contributed by atoms with van der Waals surface area (Å²) in [6, 6.07) is 15.1. The van der Waals surface area contributed by atoms with Crippen molar-refractivity contribution in [3.05, 3.63) is 69.7 Å². The summed E-state index contributed by atoms with van der Waals surface area (Å²) >= 11 is 5.89. The second-order valence-electron chi connectivity index (χ2n) is 4.81. The Morgan fingerprint density at radius 3 is 1.87 bits per heavy atom. The number of nitro benzene ring substituents is 1. The van der Waals surface area contributed by atoms with Gasteiger partial charge in [0.1, 0.15) is 0 Å². The summed E-state index contributed by atoms with van der Waals surface area (Å²) in [7, 11) is 0. The summed E-state index contributed by atoms with van der Waals surface area (Å²) in [5.74, 6) is 0.130. The molecule has 0 amide bonds. The topological polar surface area (TPSA) is 94.9 Å². The van der Waals surface area contributed by atoms with Crippen molar-refractivity contribution in [3.63, 3.8) is 0 Å². The van der Waals surface area contributed by atoms with Crippen LogP contribution in [0.3, 0.4) is 0 Å². The van der Waals surface area contributed by atoms with Crippen molar-refractivity contribution in [3.8, 4) is 22.5 Å². The standard InChI is InChI=1S/C16H11ClN4O2/c17-12-5-1-10(2-6-12)14-9-15(20-16(18)19-14)11-3-7-13(8-4-11)21(22)23/h1-9H,(H2,18,19,20). The molecule has 0 fully saturated rings. The number of nitro groups is 1. The fraction of sp³-hybridized carbons (Fsp3) is 0. The van der Waals surface area contributed by atoms with E-state index in [1.807, 2.05) is 12.1 Å². The molecule has 0 aliphatic carbocycles. The molecule has 0 aliphatic rings. The van der Waals surface area contributed by atoms with Crippen molar-refractivity contribution in [1.82, 2.24) is 9.97 Å². The number of non-ortho nitro benzene ring substituents is 1. The normalized spacial score (nSPS) is 10.5. The van der Waals surface area contributed by atoms with Crippen molar-refractivity contribution >= 4 is 23.2 Å². The zero-order valence-corrected chi connectivity index (χ0v) is 12.6. The first kappa shape index (κ1) is 14.9. The van der Waals surface area contributed by atoms with Crippen LogP contribution in [0.4, 0.5) is 11.6 Å². The summed E-state index contributed by atoms with van der Waals surface area (Å²) in [6.07, 6.45) is 0. The summed E-state index contributed by atoms with van der Waals surface area (Å²) in [4.78, 5) is 18.7. The summed E-state index contributed by atoms with van der Waals surface area (Å²) in [5, 5.41) is 11.3. The molecule has 0 saturated heterocycles. The lowest BCUT2D eigenvalue weighted by Crippen LogP contribution is -1.98. The van der Waals surface area contributed by atoms with Crippen molar-refractivity contribution in [2.45, 2.75) is 0 Å². The van der Waals surface area contributed by atoms with Gasteiger partial charge in [0.15, 0.2) is 0 Å². The average molecular weight is 327 g/mol. The third-order valence-electron chi connectivity index (χ3n) is 3.26. The van der Waals surface area contributed by atoms with Crippen molar-refractivity contribution in [2.24, 2.45) is 0 Å². The number of nitrogen functional groups attached to an aromatic ring is 1. The molecule has 0 radical (unpaired) electrons. The molecule has 7 heteroatoms. The van der Waals surface area contributed by atoms with E-state index >= 15 is 0 Å². The number of nitrogens with two attached hydrogens (primary N) is 1. The number of nitrogens with zero attached hydrogens (tertiary/aromatic N) is 3. The molecule has 2 N–H and O–H groups in total. The molecule has 23 heavy (non-hydrogen) atoms. The Morgan fingerprint density at radius 1 is 0.913 bits per heavy atom. The number of rotatable bonds is 3. The highest BCUT2D eigenvalue weighted by Crippen LogP contribution is 2.26. The van der Waals surface area contributed by atoms with Crippen LogP contribution in [-0.2, 0) is 0 Å². The molecular weight excluding hydrogens is 316 g/mol. The van der Waals surface area contributed by atoms with Crippen molar-refractivity contribution < 1.29 is 4.92 Å². The van der Waals surface area contributed by atoms with E-state index in [-0.39, 0.29) is 11.6 Å². The Labute approximate surface area is 136 Å². The van der Waals surface area contributed by atoms with Gasteiger partial charge >= 0.3 is 0 Å². The van der Waals surface area contributed by atoms with Crippen molar-refractivity contribution in [2.75, 3.05) is 5.73 Å². The Bertz CT molecular complexity index is 864. The Hall–Kier alpha value is -2.99. The van der Waals surface area contributed by atoms with Gasteiger partial charge in [-0.25, -0.2) is 9.97 Å². The van der Waals surface area contributed by atoms with Gasteiger partial charge in [-0.2, -0.15) is 0 Å². The number of hydrogen-bond acceptors (Lipinski definition) is 5. The first-order valence-electron chi connectivity index (χ1n) is 6.68. The zero-order valence-electron chi connectivity index (χ0n) is 11.8. The predicted octanol–water partition coefficient (Wildman–Crippen LogP) is 3.95. The minimum Gasteiger partial charge on any atom is -0.368 e. The van der Waals surface area contributed by atoms with E-state index in [1.54, 1.807) is 30.3 Å². The highest BCUT2D eigenvalue weighted by Gasteiger charge is 2.09. The quantitative estimate of drug-likeness (QED) is 0.580. The van der Waals surface area contributed by atoms with Crippen LogP contribution in [0.5, 0.6) is 0 Å². The van der Waals surface area contributed by atoms with Gasteiger partial charge in [0.05, 0.1) is 16.3 Å². The van der Waals surface area contributed by atoms with Gasteiger partial charge in [-0.3, -0.25) is 10.1 Å². The summed E-state index contributed by atoms with van der Waals surface area (Å²) in [6.45, 7) is 0. The maximum Gasteiger partial charge on any atom is 0.269 e. The van der Waals surface area contributed by atoms with E-state index in [0.29, 0.717) is 16.4 Å². The molecule has 0 saturated carbocycles. The van der Waals surface area contributed by atoms with Gasteiger partial charge in [-0.15, -0.1) is 0 Å². The third kappa shape index (κ3) is 3.27. The minimum atomic E-state index is -0.447. The van der Waals surface area contributed by atoms with Crippen LogP contribution in [-0.4, -0.2) is 14.9 Å². The zero-order chi connectivity index (χ0) is 16.4. The van der Waals surface area contributed by atoms with E-state index in [9.17, 15) is 10.1 Å². The lowest BCUT2D eigenvalue weighted by atomic mass is 10.1. The monoisotopic (exact) mass is 326 g/mol. The van der Waals surface area contributed by atoms with Gasteiger partial charge in [-0.05, 0) is 30.3 Å². The van der Waals surface area contributed by atoms with E-state index in [2.05, 4.69) is 9.97 Å². The van der Waals surface area contributed by atoms with E-state index < -0.39 is 4.92 Å². The van der Waals surface area contributed by atoms with Crippen molar-refractivity contribution in [1.29, 1.82) is 0 Å². The number of halogens is 1. The lowest BCUT2D eigenvalue weighted by molar-refractivity contribution is -0.384. The molecule has 6 nitrogen and oxygen atoms in total. The summed E-state index contributed by atoms with van der Waals surface area (Å²) < 4.78 is 0. The molecule has 0 unspecified atom stereocenters. The van der Waals surface area contributed by atoms with Crippen LogP contribution in [0.2, 0.25) is 5.02 Å². The molecular formula is C16H11ClN4O2. The van der Waals surface area contributed by atoms with Crippen LogP contribution in [0, 0.1) is 10.1 Å². The van der Waals surface area contributed by atoms with Crippen LogP contribution in [0.1, 0.15) is 0 Å². The first-order valence-corrected chi connectivity index (χ1v) is 7.06. The fourth-order valence-electron chi connectivity index (χ4n) is 2.14. The van der Waals surface area contributed by atoms with Gasteiger partial charge in [0, 0.05) is 28.3 Å². The van der Waals surface area contributed by atoms with Crippen LogP contribution >= 0.6 is 11.6 Å². The van der Waals surface area contributed by atoms with Gasteiger partial charge < -0.3 is 5.73 Å². The van der Waals surface area contributed by atoms with Gasteiger partial charge in [-0.1, -0.05) is 23.7 Å². The largest absolute Gasteiger partial charge is 0.368 e. The third-order valence-corrected chi connectivity index (χ3v) is 3.51. The number of hydrogen-bond donors (Lipinski definition) is 1. The highest BCUT2D eigenvalue weighted by molar-refractivity contribution is 6.30. The molecule has 3 rings (SSSR count). The number of anilines is 1. The Kier molecular flexibility index (Phi) is 3.91. The maximum atomic E-state index is 10.7. The second kappa shape index (κ2) is 6.02. The molecule has 3 aromatic rings. The molecule has 0 aliphatic heterocycles. The molecule has 0 spiro atoms. The minimum absolute atomic E-state index is 0.0219. The van der Waals surface area contributed by atoms with Crippen LogP contribution < -0.4 is 5.73 Å². The molecule has 1 aromatic heterocycles. The SMILES string of the molecule is Nc1nc(-c2ccc(Cl)cc2)cc(-c2ccc([N+](=O)[O-])cc2)n1. The maximum absolute atomic E-state index is 10.7. The van der Waals surface area contributed by atoms with E-state index in [4.69, 9.17) is 17.3 Å². The Balaban J connectivity index is 2.03. The smallest absolute Gasteiger partial charge is 0.269 e. The van der Waals surface area contributed by atoms with Crippen LogP contribution in [0.25, 0.3) is 22.5 Å². The molecule has 0 bridgehead atoms. The number of aromatic nitrogens is 2. The van der Waals surface area contributed by atoms with E-state index in [0.717, 1.165) is 11.1 Å².